The highest BCUT2D eigenvalue weighted by atomic mass is 79.9. The first-order valence-corrected chi connectivity index (χ1v) is 6.22. The molecule has 0 fully saturated rings. The van der Waals surface area contributed by atoms with Gasteiger partial charge in [-0.15, -0.1) is 12.4 Å². The Balaban J connectivity index is 0.00000144. The van der Waals surface area contributed by atoms with Crippen LogP contribution in [-0.4, -0.2) is 11.9 Å². The largest absolute Gasteiger partial charge is 0.348 e. The second kappa shape index (κ2) is 5.85. The van der Waals surface area contributed by atoms with Crippen LogP contribution in [0.2, 0.25) is 0 Å². The van der Waals surface area contributed by atoms with Gasteiger partial charge in [0.2, 0.25) is 5.91 Å². The Kier molecular flexibility index (Phi) is 4.98. The molecule has 5 heteroatoms. The first-order valence-electron chi connectivity index (χ1n) is 5.43. The molecule has 1 aliphatic carbocycles. The molecule has 0 aromatic heterocycles. The van der Waals surface area contributed by atoms with E-state index >= 15 is 0 Å². The van der Waals surface area contributed by atoms with Gasteiger partial charge < -0.3 is 11.1 Å². The maximum absolute atomic E-state index is 11.5. The zero-order chi connectivity index (χ0) is 11.7. The maximum Gasteiger partial charge on any atom is 0.237 e. The number of rotatable bonds is 2. The molecule has 17 heavy (non-hydrogen) atoms. The summed E-state index contributed by atoms with van der Waals surface area (Å²) in [5, 5.41) is 2.98. The highest BCUT2D eigenvalue weighted by molar-refractivity contribution is 9.10. The van der Waals surface area contributed by atoms with Crippen LogP contribution in [0.4, 0.5) is 0 Å². The molecular formula is C12H16BrClN2O. The fourth-order valence-corrected chi connectivity index (χ4v) is 2.64. The number of nitrogens with one attached hydrogen (secondary N) is 1. The second-order valence-electron chi connectivity index (χ2n) is 4.20. The van der Waals surface area contributed by atoms with Gasteiger partial charge in [0.25, 0.3) is 0 Å². The van der Waals surface area contributed by atoms with Crippen molar-refractivity contribution < 1.29 is 4.79 Å². The first kappa shape index (κ1) is 14.5. The van der Waals surface area contributed by atoms with Gasteiger partial charge in [0.05, 0.1) is 12.1 Å². The third-order valence-electron chi connectivity index (χ3n) is 2.94. The molecule has 2 atom stereocenters. The topological polar surface area (TPSA) is 55.1 Å². The number of hydrogen-bond donors (Lipinski definition) is 2. The van der Waals surface area contributed by atoms with E-state index in [0.29, 0.717) is 0 Å². The SMILES string of the molecule is C[C@@H](N)C(=O)NC1CCc2c(Br)cccc21.Cl. The number of hydrogen-bond acceptors (Lipinski definition) is 2. The fraction of sp³-hybridized carbons (Fsp3) is 0.417. The van der Waals surface area contributed by atoms with Gasteiger partial charge in [-0.1, -0.05) is 28.1 Å². The van der Waals surface area contributed by atoms with E-state index in [9.17, 15) is 4.79 Å². The molecule has 1 aliphatic rings. The molecule has 1 aromatic carbocycles. The number of halogens is 2. The average molecular weight is 320 g/mol. The normalized spacial score (nSPS) is 19.1. The molecule has 2 rings (SSSR count). The third-order valence-corrected chi connectivity index (χ3v) is 3.69. The lowest BCUT2D eigenvalue weighted by Crippen LogP contribution is -2.39. The van der Waals surface area contributed by atoms with E-state index in [0.717, 1.165) is 17.3 Å². The highest BCUT2D eigenvalue weighted by Crippen LogP contribution is 2.35. The van der Waals surface area contributed by atoms with Crippen LogP contribution in [0, 0.1) is 0 Å². The van der Waals surface area contributed by atoms with Crippen molar-refractivity contribution in [3.05, 3.63) is 33.8 Å². The summed E-state index contributed by atoms with van der Waals surface area (Å²) in [7, 11) is 0. The van der Waals surface area contributed by atoms with Crippen LogP contribution in [0.1, 0.15) is 30.5 Å². The molecule has 1 unspecified atom stereocenters. The Hall–Kier alpha value is -0.580. The number of nitrogens with two attached hydrogens (primary N) is 1. The Morgan fingerprint density at radius 2 is 2.29 bits per heavy atom. The van der Waals surface area contributed by atoms with E-state index in [-0.39, 0.29) is 24.4 Å². The summed E-state index contributed by atoms with van der Waals surface area (Å²) in [4.78, 5) is 11.5. The van der Waals surface area contributed by atoms with Gasteiger partial charge in [-0.25, -0.2) is 0 Å². The van der Waals surface area contributed by atoms with Gasteiger partial charge in [0, 0.05) is 4.47 Å². The van der Waals surface area contributed by atoms with Gasteiger partial charge in [-0.3, -0.25) is 4.79 Å². The molecule has 0 radical (unpaired) electrons. The van der Waals surface area contributed by atoms with Crippen molar-refractivity contribution in [3.63, 3.8) is 0 Å². The standard InChI is InChI=1S/C12H15BrN2O.ClH/c1-7(14)12(16)15-11-6-5-8-9(11)3-2-4-10(8)13;/h2-4,7,11H,5-6,14H2,1H3,(H,15,16);1H/t7-,11?;/m1./s1. The number of amides is 1. The Morgan fingerprint density at radius 1 is 1.59 bits per heavy atom. The van der Waals surface area contributed by atoms with Crippen LogP contribution in [-0.2, 0) is 11.2 Å². The predicted octanol–water partition coefficient (Wildman–Crippen LogP) is 2.32. The molecule has 0 saturated heterocycles. The zero-order valence-corrected chi connectivity index (χ0v) is 12.0. The summed E-state index contributed by atoms with van der Waals surface area (Å²) >= 11 is 3.53. The molecule has 3 N–H and O–H groups in total. The molecule has 0 aliphatic heterocycles. The van der Waals surface area contributed by atoms with Gasteiger partial charge >= 0.3 is 0 Å². The van der Waals surface area contributed by atoms with Crippen molar-refractivity contribution >= 4 is 34.2 Å². The summed E-state index contributed by atoms with van der Waals surface area (Å²) in [5.74, 6) is -0.0853. The number of carbonyl (C=O) groups is 1. The van der Waals surface area contributed by atoms with E-state index in [1.54, 1.807) is 6.92 Å². The molecule has 0 bridgehead atoms. The fourth-order valence-electron chi connectivity index (χ4n) is 2.06. The van der Waals surface area contributed by atoms with Crippen LogP contribution in [0.25, 0.3) is 0 Å². The van der Waals surface area contributed by atoms with Crippen molar-refractivity contribution in [2.24, 2.45) is 5.73 Å². The Labute approximate surface area is 116 Å². The Morgan fingerprint density at radius 3 is 2.94 bits per heavy atom. The highest BCUT2D eigenvalue weighted by Gasteiger charge is 2.25. The summed E-state index contributed by atoms with van der Waals surface area (Å²) < 4.78 is 1.13. The summed E-state index contributed by atoms with van der Waals surface area (Å²) in [6.45, 7) is 1.70. The van der Waals surface area contributed by atoms with Crippen LogP contribution in [0.5, 0.6) is 0 Å². The average Bonchev–Trinajstić information content (AvgIpc) is 2.63. The molecular weight excluding hydrogens is 304 g/mol. The van der Waals surface area contributed by atoms with Crippen LogP contribution in [0.15, 0.2) is 22.7 Å². The number of fused-ring (bicyclic) bond motifs is 1. The van der Waals surface area contributed by atoms with E-state index in [1.807, 2.05) is 12.1 Å². The molecule has 3 nitrogen and oxygen atoms in total. The van der Waals surface area contributed by atoms with E-state index < -0.39 is 6.04 Å². The smallest absolute Gasteiger partial charge is 0.237 e. The summed E-state index contributed by atoms with van der Waals surface area (Å²) in [5.41, 5.74) is 8.06. The van der Waals surface area contributed by atoms with Crippen molar-refractivity contribution in [2.75, 3.05) is 0 Å². The van der Waals surface area contributed by atoms with Gasteiger partial charge in [-0.2, -0.15) is 0 Å². The minimum atomic E-state index is -0.448. The van der Waals surface area contributed by atoms with Crippen LogP contribution < -0.4 is 11.1 Å². The molecule has 1 amide bonds. The quantitative estimate of drug-likeness (QED) is 0.879. The third kappa shape index (κ3) is 3.00. The summed E-state index contributed by atoms with van der Waals surface area (Å²) in [6.07, 6.45) is 1.96. The van der Waals surface area contributed by atoms with E-state index in [2.05, 4.69) is 27.3 Å². The van der Waals surface area contributed by atoms with Crippen molar-refractivity contribution in [1.82, 2.24) is 5.32 Å². The molecule has 1 aromatic rings. The monoisotopic (exact) mass is 318 g/mol. The number of carbonyl (C=O) groups excluding carboxylic acids is 1. The van der Waals surface area contributed by atoms with Gasteiger partial charge in [-0.05, 0) is 37.0 Å². The lowest BCUT2D eigenvalue weighted by Gasteiger charge is -2.15. The van der Waals surface area contributed by atoms with Crippen LogP contribution in [0.3, 0.4) is 0 Å². The zero-order valence-electron chi connectivity index (χ0n) is 9.57. The minimum Gasteiger partial charge on any atom is -0.348 e. The van der Waals surface area contributed by atoms with Crippen LogP contribution >= 0.6 is 28.3 Å². The van der Waals surface area contributed by atoms with Crippen molar-refractivity contribution in [1.29, 1.82) is 0 Å². The lowest BCUT2D eigenvalue weighted by molar-refractivity contribution is -0.122. The van der Waals surface area contributed by atoms with Gasteiger partial charge in [0.15, 0.2) is 0 Å². The van der Waals surface area contributed by atoms with E-state index in [4.69, 9.17) is 5.73 Å². The molecule has 0 heterocycles. The molecule has 0 spiro atoms. The van der Waals surface area contributed by atoms with Crippen molar-refractivity contribution in [3.8, 4) is 0 Å². The minimum absolute atomic E-state index is 0. The molecule has 0 saturated carbocycles. The van der Waals surface area contributed by atoms with Crippen molar-refractivity contribution in [2.45, 2.75) is 31.8 Å². The number of benzene rings is 1. The first-order chi connectivity index (χ1) is 7.59. The molecule has 94 valence electrons. The van der Waals surface area contributed by atoms with Gasteiger partial charge in [0.1, 0.15) is 0 Å². The second-order valence-corrected chi connectivity index (χ2v) is 5.05. The van der Waals surface area contributed by atoms with E-state index in [1.165, 1.54) is 11.1 Å². The Bertz CT molecular complexity index is 423. The summed E-state index contributed by atoms with van der Waals surface area (Å²) in [6, 6.07) is 5.77. The lowest BCUT2D eigenvalue weighted by atomic mass is 10.1. The maximum atomic E-state index is 11.5. The predicted molar refractivity (Wildman–Crippen MR) is 74.2 cm³/mol.